The lowest BCUT2D eigenvalue weighted by atomic mass is 10.0. The van der Waals surface area contributed by atoms with Crippen molar-refractivity contribution in [2.24, 2.45) is 0 Å². The first-order chi connectivity index (χ1) is 15.4. The lowest BCUT2D eigenvalue weighted by Gasteiger charge is -2.14. The second kappa shape index (κ2) is 8.63. The molecule has 2 heterocycles. The molecule has 162 valence electrons. The molecule has 0 aliphatic heterocycles. The number of halogens is 3. The summed E-state index contributed by atoms with van der Waals surface area (Å²) < 4.78 is 45.6. The van der Waals surface area contributed by atoms with Gasteiger partial charge in [0.15, 0.2) is 5.65 Å². The summed E-state index contributed by atoms with van der Waals surface area (Å²) in [4.78, 5) is 4.28. The molecule has 8 heteroatoms. The molecule has 0 bridgehead atoms. The molecule has 0 atom stereocenters. The molecule has 0 unspecified atom stereocenters. The highest BCUT2D eigenvalue weighted by Crippen LogP contribution is 2.31. The van der Waals surface area contributed by atoms with Gasteiger partial charge in [-0.3, -0.25) is 0 Å². The number of anilines is 1. The molecule has 0 radical (unpaired) electrons. The van der Waals surface area contributed by atoms with Crippen molar-refractivity contribution in [3.8, 4) is 17.6 Å². The summed E-state index contributed by atoms with van der Waals surface area (Å²) in [5.41, 5.74) is 3.74. The molecule has 2 aromatic carbocycles. The number of aromatic nitrogens is 3. The van der Waals surface area contributed by atoms with Gasteiger partial charge in [0.25, 0.3) is 0 Å². The molecule has 0 saturated heterocycles. The maximum Gasteiger partial charge on any atom is 0.416 e. The van der Waals surface area contributed by atoms with E-state index >= 15 is 0 Å². The quantitative estimate of drug-likeness (QED) is 0.454. The van der Waals surface area contributed by atoms with Crippen molar-refractivity contribution in [1.29, 1.82) is 0 Å². The molecule has 0 aliphatic carbocycles. The summed E-state index contributed by atoms with van der Waals surface area (Å²) in [6.07, 6.45) is -1.03. The first-order valence-electron chi connectivity index (χ1n) is 9.75. The maximum atomic E-state index is 12.8. The van der Waals surface area contributed by atoms with Crippen molar-refractivity contribution in [3.05, 3.63) is 88.9 Å². The van der Waals surface area contributed by atoms with Crippen LogP contribution in [-0.2, 0) is 12.7 Å². The van der Waals surface area contributed by atoms with Crippen LogP contribution in [0.5, 0.6) is 5.75 Å². The van der Waals surface area contributed by atoms with E-state index in [4.69, 9.17) is 4.74 Å². The van der Waals surface area contributed by atoms with E-state index in [0.717, 1.165) is 28.8 Å². The fourth-order valence-electron chi connectivity index (χ4n) is 3.27. The summed E-state index contributed by atoms with van der Waals surface area (Å²) in [7, 11) is 1.57. The normalized spacial score (nSPS) is 11.2. The molecule has 0 fully saturated rings. The van der Waals surface area contributed by atoms with Crippen LogP contribution in [0, 0.1) is 18.8 Å². The lowest BCUT2D eigenvalue weighted by Crippen LogP contribution is -2.06. The largest absolute Gasteiger partial charge is 0.495 e. The summed E-state index contributed by atoms with van der Waals surface area (Å²) in [6, 6.07) is 12.4. The molecule has 32 heavy (non-hydrogen) atoms. The first kappa shape index (κ1) is 21.2. The highest BCUT2D eigenvalue weighted by Gasteiger charge is 2.29. The van der Waals surface area contributed by atoms with E-state index in [-0.39, 0.29) is 0 Å². The summed E-state index contributed by atoms with van der Waals surface area (Å²) in [5, 5.41) is 7.40. The molecular formula is C24H19F3N4O. The Labute approximate surface area is 182 Å². The molecule has 0 aliphatic rings. The third-order valence-electron chi connectivity index (χ3n) is 4.94. The van der Waals surface area contributed by atoms with Gasteiger partial charge in [0.1, 0.15) is 11.4 Å². The standard InChI is InChI=1S/C24H19F3N4O/c1-16-5-6-17(14-28-19-9-7-18(8-10-19)24(25,26)27)23(32-2)21(16)12-11-20-15-29-22-4-3-13-30-31(20)22/h3-10,13,15,28H,14H2,1-2H3. The Kier molecular flexibility index (Phi) is 5.73. The number of fused-ring (bicyclic) bond motifs is 1. The molecule has 0 spiro atoms. The fourth-order valence-corrected chi connectivity index (χ4v) is 3.27. The number of rotatable bonds is 4. The number of ether oxygens (including phenoxy) is 1. The number of aryl methyl sites for hydroxylation is 1. The van der Waals surface area contributed by atoms with Crippen LogP contribution in [-0.4, -0.2) is 21.7 Å². The van der Waals surface area contributed by atoms with Crippen molar-refractivity contribution < 1.29 is 17.9 Å². The Morgan fingerprint density at radius 1 is 1.06 bits per heavy atom. The van der Waals surface area contributed by atoms with E-state index in [9.17, 15) is 13.2 Å². The minimum atomic E-state index is -4.36. The second-order valence-corrected chi connectivity index (χ2v) is 7.07. The number of imidazole rings is 1. The van der Waals surface area contributed by atoms with Crippen molar-refractivity contribution in [1.82, 2.24) is 14.6 Å². The smallest absolute Gasteiger partial charge is 0.416 e. The minimum Gasteiger partial charge on any atom is -0.495 e. The average Bonchev–Trinajstić information content (AvgIpc) is 3.20. The van der Waals surface area contributed by atoms with E-state index in [1.165, 1.54) is 12.1 Å². The Bertz CT molecular complexity index is 1320. The third-order valence-corrected chi connectivity index (χ3v) is 4.94. The van der Waals surface area contributed by atoms with Crippen LogP contribution < -0.4 is 10.1 Å². The topological polar surface area (TPSA) is 51.5 Å². The second-order valence-electron chi connectivity index (χ2n) is 7.07. The third kappa shape index (κ3) is 4.37. The zero-order chi connectivity index (χ0) is 22.7. The van der Waals surface area contributed by atoms with Gasteiger partial charge in [-0.05, 0) is 54.8 Å². The highest BCUT2D eigenvalue weighted by atomic mass is 19.4. The van der Waals surface area contributed by atoms with Crippen molar-refractivity contribution in [2.75, 3.05) is 12.4 Å². The van der Waals surface area contributed by atoms with Crippen molar-refractivity contribution >= 4 is 11.3 Å². The van der Waals surface area contributed by atoms with Gasteiger partial charge >= 0.3 is 6.18 Å². The summed E-state index contributed by atoms with van der Waals surface area (Å²) >= 11 is 0. The first-order valence-corrected chi connectivity index (χ1v) is 9.75. The number of methoxy groups -OCH3 is 1. The van der Waals surface area contributed by atoms with Gasteiger partial charge in [0.05, 0.1) is 24.4 Å². The Hall–Kier alpha value is -3.99. The van der Waals surface area contributed by atoms with Crippen LogP contribution in [0.4, 0.5) is 18.9 Å². The van der Waals surface area contributed by atoms with E-state index < -0.39 is 11.7 Å². The van der Waals surface area contributed by atoms with Gasteiger partial charge in [-0.15, -0.1) is 0 Å². The van der Waals surface area contributed by atoms with E-state index in [0.29, 0.717) is 29.3 Å². The van der Waals surface area contributed by atoms with E-state index in [1.54, 1.807) is 30.1 Å². The molecular weight excluding hydrogens is 417 g/mol. The maximum absolute atomic E-state index is 12.8. The fraction of sp³-hybridized carbons (Fsp3) is 0.167. The number of hydrogen-bond acceptors (Lipinski definition) is 4. The number of nitrogens with one attached hydrogen (secondary N) is 1. The number of nitrogens with zero attached hydrogens (tertiary/aromatic N) is 3. The number of alkyl halides is 3. The van der Waals surface area contributed by atoms with Crippen molar-refractivity contribution in [2.45, 2.75) is 19.6 Å². The van der Waals surface area contributed by atoms with Crippen LogP contribution >= 0.6 is 0 Å². The van der Waals surface area contributed by atoms with Crippen LogP contribution in [0.2, 0.25) is 0 Å². The monoisotopic (exact) mass is 436 g/mol. The van der Waals surface area contributed by atoms with Gasteiger partial charge in [-0.25, -0.2) is 9.50 Å². The van der Waals surface area contributed by atoms with Gasteiger partial charge in [-0.2, -0.15) is 18.3 Å². The summed E-state index contributed by atoms with van der Waals surface area (Å²) in [6.45, 7) is 2.30. The minimum absolute atomic E-state index is 0.362. The lowest BCUT2D eigenvalue weighted by molar-refractivity contribution is -0.137. The number of benzene rings is 2. The Morgan fingerprint density at radius 3 is 2.56 bits per heavy atom. The molecule has 0 saturated carbocycles. The van der Waals surface area contributed by atoms with E-state index in [2.05, 4.69) is 27.2 Å². The van der Waals surface area contributed by atoms with Crippen LogP contribution in [0.15, 0.2) is 60.9 Å². The molecule has 5 nitrogen and oxygen atoms in total. The predicted molar refractivity (Wildman–Crippen MR) is 115 cm³/mol. The van der Waals surface area contributed by atoms with E-state index in [1.807, 2.05) is 25.1 Å². The van der Waals surface area contributed by atoms with Gasteiger partial charge in [-0.1, -0.05) is 18.1 Å². The number of hydrogen-bond donors (Lipinski definition) is 1. The zero-order valence-corrected chi connectivity index (χ0v) is 17.4. The molecule has 4 rings (SSSR count). The average molecular weight is 436 g/mol. The van der Waals surface area contributed by atoms with Crippen LogP contribution in [0.25, 0.3) is 5.65 Å². The zero-order valence-electron chi connectivity index (χ0n) is 17.4. The van der Waals surface area contributed by atoms with Gasteiger partial charge in [0, 0.05) is 24.0 Å². The van der Waals surface area contributed by atoms with Crippen LogP contribution in [0.1, 0.15) is 27.9 Å². The van der Waals surface area contributed by atoms with Gasteiger partial charge in [0.2, 0.25) is 0 Å². The molecule has 0 amide bonds. The molecule has 2 aromatic heterocycles. The SMILES string of the molecule is COc1c(CNc2ccc(C(F)(F)F)cc2)ccc(C)c1C#Cc1cnc2cccnn12. The Balaban J connectivity index is 1.60. The van der Waals surface area contributed by atoms with Crippen LogP contribution in [0.3, 0.4) is 0 Å². The van der Waals surface area contributed by atoms with Gasteiger partial charge < -0.3 is 10.1 Å². The predicted octanol–water partition coefficient (Wildman–Crippen LogP) is 5.08. The molecule has 1 N–H and O–H groups in total. The Morgan fingerprint density at radius 2 is 1.84 bits per heavy atom. The summed E-state index contributed by atoms with van der Waals surface area (Å²) in [5.74, 6) is 6.87. The van der Waals surface area contributed by atoms with Crippen molar-refractivity contribution in [3.63, 3.8) is 0 Å². The highest BCUT2D eigenvalue weighted by molar-refractivity contribution is 5.58. The molecule has 4 aromatic rings.